The maximum Gasteiger partial charge on any atom is 0.309 e. The normalized spacial score (nSPS) is 19.8. The Kier molecular flexibility index (Phi) is 2.27. The molecule has 1 aliphatic heterocycles. The van der Waals surface area contributed by atoms with Gasteiger partial charge in [-0.05, 0) is 0 Å². The van der Waals surface area contributed by atoms with Gasteiger partial charge >= 0.3 is 5.97 Å². The second-order valence-corrected chi connectivity index (χ2v) is 3.85. The molecule has 0 saturated heterocycles. The second-order valence-electron chi connectivity index (χ2n) is 3.85. The van der Waals surface area contributed by atoms with Crippen LogP contribution >= 0.6 is 0 Å². The molecule has 0 bridgehead atoms. The number of hydrogen-bond donors (Lipinski definition) is 0. The van der Waals surface area contributed by atoms with Crippen LogP contribution in [0, 0.1) is 5.92 Å². The van der Waals surface area contributed by atoms with Gasteiger partial charge < -0.3 is 9.30 Å². The van der Waals surface area contributed by atoms with Gasteiger partial charge in [0.25, 0.3) is 0 Å². The first kappa shape index (κ1) is 9.24. The van der Waals surface area contributed by atoms with Crippen molar-refractivity contribution in [1.29, 1.82) is 0 Å². The van der Waals surface area contributed by atoms with E-state index in [0.29, 0.717) is 0 Å². The average Bonchev–Trinajstić information content (AvgIpc) is 2.69. The molecule has 0 unspecified atom stereocenters. The first-order valence-electron chi connectivity index (χ1n) is 4.90. The molecule has 4 heteroatoms. The summed E-state index contributed by atoms with van der Waals surface area (Å²) in [4.78, 5) is 15.5. The predicted octanol–water partition coefficient (Wildman–Crippen LogP) is 1.53. The minimum atomic E-state index is -0.147. The summed E-state index contributed by atoms with van der Waals surface area (Å²) in [5.41, 5.74) is 0. The Morgan fingerprint density at radius 3 is 3.21 bits per heavy atom. The zero-order valence-electron chi connectivity index (χ0n) is 8.43. The number of fused-ring (bicyclic) bond motifs is 1. The fourth-order valence-corrected chi connectivity index (χ4v) is 1.57. The number of carbonyl (C=O) groups excluding carboxylic acids is 1. The van der Waals surface area contributed by atoms with Crippen molar-refractivity contribution in [3.8, 4) is 0 Å². The molecule has 4 nitrogen and oxygen atoms in total. The van der Waals surface area contributed by atoms with Gasteiger partial charge in [-0.25, -0.2) is 4.98 Å². The summed E-state index contributed by atoms with van der Waals surface area (Å²) in [5.74, 6) is 0.657. The summed E-state index contributed by atoms with van der Waals surface area (Å²) in [6.07, 6.45) is 4.37. The van der Waals surface area contributed by atoms with Crippen LogP contribution in [0.15, 0.2) is 12.4 Å². The van der Waals surface area contributed by atoms with Crippen molar-refractivity contribution in [2.45, 2.75) is 32.9 Å². The van der Waals surface area contributed by atoms with Gasteiger partial charge in [-0.1, -0.05) is 13.8 Å². The summed E-state index contributed by atoms with van der Waals surface area (Å²) in [7, 11) is 0. The Morgan fingerprint density at radius 2 is 2.50 bits per heavy atom. The molecule has 1 aromatic heterocycles. The molecule has 0 radical (unpaired) electrons. The molecule has 2 rings (SSSR count). The van der Waals surface area contributed by atoms with E-state index in [2.05, 4.69) is 4.98 Å². The largest absolute Gasteiger partial charge is 0.454 e. The highest BCUT2D eigenvalue weighted by molar-refractivity contribution is 5.71. The van der Waals surface area contributed by atoms with Crippen LogP contribution in [0.3, 0.4) is 0 Å². The van der Waals surface area contributed by atoms with E-state index in [1.165, 1.54) is 0 Å². The standard InChI is InChI=1S/C10H14N2O2/c1-7(2)10(13)14-8-3-5-12-6-4-11-9(8)12/h4,6-8H,3,5H2,1-2H3/t8-/m1/s1. The van der Waals surface area contributed by atoms with Crippen LogP contribution in [-0.4, -0.2) is 15.5 Å². The average molecular weight is 194 g/mol. The molecule has 0 amide bonds. The van der Waals surface area contributed by atoms with E-state index in [0.717, 1.165) is 18.8 Å². The molecule has 1 atom stereocenters. The number of imidazole rings is 1. The molecule has 0 aliphatic carbocycles. The van der Waals surface area contributed by atoms with E-state index in [-0.39, 0.29) is 18.0 Å². The van der Waals surface area contributed by atoms with Crippen LogP contribution in [0.2, 0.25) is 0 Å². The number of nitrogens with zero attached hydrogens (tertiary/aromatic N) is 2. The first-order chi connectivity index (χ1) is 6.68. The van der Waals surface area contributed by atoms with E-state index >= 15 is 0 Å². The summed E-state index contributed by atoms with van der Waals surface area (Å²) in [5, 5.41) is 0. The molecule has 0 fully saturated rings. The lowest BCUT2D eigenvalue weighted by atomic mass is 10.2. The fraction of sp³-hybridized carbons (Fsp3) is 0.600. The van der Waals surface area contributed by atoms with Gasteiger partial charge in [-0.2, -0.15) is 0 Å². The topological polar surface area (TPSA) is 44.1 Å². The number of carbonyl (C=O) groups is 1. The van der Waals surface area contributed by atoms with Crippen LogP contribution < -0.4 is 0 Å². The number of rotatable bonds is 2. The van der Waals surface area contributed by atoms with Gasteiger partial charge in [0.2, 0.25) is 0 Å². The van der Waals surface area contributed by atoms with E-state index in [9.17, 15) is 4.79 Å². The lowest BCUT2D eigenvalue weighted by Gasteiger charge is -2.12. The van der Waals surface area contributed by atoms with Crippen LogP contribution in [0.25, 0.3) is 0 Å². The third-order valence-electron chi connectivity index (χ3n) is 2.40. The smallest absolute Gasteiger partial charge is 0.309 e. The van der Waals surface area contributed by atoms with E-state index in [1.54, 1.807) is 6.20 Å². The lowest BCUT2D eigenvalue weighted by molar-refractivity contribution is -0.153. The highest BCUT2D eigenvalue weighted by atomic mass is 16.5. The van der Waals surface area contributed by atoms with Crippen molar-refractivity contribution in [2.75, 3.05) is 0 Å². The zero-order chi connectivity index (χ0) is 10.1. The van der Waals surface area contributed by atoms with Crippen molar-refractivity contribution in [1.82, 2.24) is 9.55 Å². The molecule has 76 valence electrons. The Morgan fingerprint density at radius 1 is 1.71 bits per heavy atom. The molecule has 0 aromatic carbocycles. The van der Waals surface area contributed by atoms with Crippen LogP contribution in [0.5, 0.6) is 0 Å². The van der Waals surface area contributed by atoms with Crippen molar-refractivity contribution in [3.05, 3.63) is 18.2 Å². The SMILES string of the molecule is CC(C)C(=O)O[C@@H]1CCn2ccnc21. The number of aromatic nitrogens is 2. The molecule has 0 saturated carbocycles. The summed E-state index contributed by atoms with van der Waals surface area (Å²) in [6.45, 7) is 4.57. The first-order valence-corrected chi connectivity index (χ1v) is 4.90. The maximum absolute atomic E-state index is 11.4. The van der Waals surface area contributed by atoms with E-state index < -0.39 is 0 Å². The minimum absolute atomic E-state index is 0.0704. The Bertz CT molecular complexity index is 344. The molecule has 0 N–H and O–H groups in total. The second kappa shape index (κ2) is 3.44. The van der Waals surface area contributed by atoms with Gasteiger partial charge in [0.15, 0.2) is 6.10 Å². The Balaban J connectivity index is 2.05. The van der Waals surface area contributed by atoms with Gasteiger partial charge in [-0.3, -0.25) is 4.79 Å². The van der Waals surface area contributed by atoms with E-state index in [1.807, 2.05) is 24.6 Å². The molecule has 1 aliphatic rings. The van der Waals surface area contributed by atoms with Crippen LogP contribution in [-0.2, 0) is 16.1 Å². The molecular formula is C10H14N2O2. The van der Waals surface area contributed by atoms with Crippen molar-refractivity contribution >= 4 is 5.97 Å². The predicted molar refractivity (Wildman–Crippen MR) is 50.5 cm³/mol. The van der Waals surface area contributed by atoms with E-state index in [4.69, 9.17) is 4.74 Å². The van der Waals surface area contributed by atoms with Crippen molar-refractivity contribution < 1.29 is 9.53 Å². The molecular weight excluding hydrogens is 180 g/mol. The highest BCUT2D eigenvalue weighted by Gasteiger charge is 2.27. The molecule has 0 spiro atoms. The number of esters is 1. The van der Waals surface area contributed by atoms with Crippen molar-refractivity contribution in [3.63, 3.8) is 0 Å². The van der Waals surface area contributed by atoms with Gasteiger partial charge in [-0.15, -0.1) is 0 Å². The minimum Gasteiger partial charge on any atom is -0.454 e. The number of ether oxygens (including phenoxy) is 1. The monoisotopic (exact) mass is 194 g/mol. The number of hydrogen-bond acceptors (Lipinski definition) is 3. The molecule has 2 heterocycles. The fourth-order valence-electron chi connectivity index (χ4n) is 1.57. The summed E-state index contributed by atoms with van der Waals surface area (Å²) < 4.78 is 7.36. The van der Waals surface area contributed by atoms with Gasteiger partial charge in [0, 0.05) is 25.4 Å². The Labute approximate surface area is 82.9 Å². The number of aryl methyl sites for hydroxylation is 1. The Hall–Kier alpha value is -1.32. The van der Waals surface area contributed by atoms with Gasteiger partial charge in [0.05, 0.1) is 5.92 Å². The highest BCUT2D eigenvalue weighted by Crippen LogP contribution is 2.27. The van der Waals surface area contributed by atoms with Crippen LogP contribution in [0.4, 0.5) is 0 Å². The third-order valence-corrected chi connectivity index (χ3v) is 2.40. The lowest BCUT2D eigenvalue weighted by Crippen LogP contribution is -2.15. The quantitative estimate of drug-likeness (QED) is 0.670. The van der Waals surface area contributed by atoms with Crippen molar-refractivity contribution in [2.24, 2.45) is 5.92 Å². The maximum atomic E-state index is 11.4. The van der Waals surface area contributed by atoms with Crippen LogP contribution in [0.1, 0.15) is 32.2 Å². The van der Waals surface area contributed by atoms with Gasteiger partial charge in [0.1, 0.15) is 5.82 Å². The zero-order valence-corrected chi connectivity index (χ0v) is 8.43. The molecule has 1 aromatic rings. The third kappa shape index (κ3) is 1.52. The summed E-state index contributed by atoms with van der Waals surface area (Å²) >= 11 is 0. The molecule has 14 heavy (non-hydrogen) atoms. The summed E-state index contributed by atoms with van der Waals surface area (Å²) in [6, 6.07) is 0.